The highest BCUT2D eigenvalue weighted by atomic mass is 19.1. The van der Waals surface area contributed by atoms with Crippen molar-refractivity contribution in [3.05, 3.63) is 35.4 Å². The zero-order valence-corrected chi connectivity index (χ0v) is 19.5. The summed E-state index contributed by atoms with van der Waals surface area (Å²) in [7, 11) is 0. The predicted octanol–water partition coefficient (Wildman–Crippen LogP) is 6.78. The van der Waals surface area contributed by atoms with E-state index in [0.717, 1.165) is 6.07 Å². The molecule has 0 bridgehead atoms. The van der Waals surface area contributed by atoms with E-state index in [4.69, 9.17) is 0 Å². The molecule has 2 nitrogen and oxygen atoms in total. The first-order valence-corrected chi connectivity index (χ1v) is 10.9. The van der Waals surface area contributed by atoms with Gasteiger partial charge in [0, 0.05) is 32.2 Å². The second-order valence-electron chi connectivity index (χ2n) is 5.58. The van der Waals surface area contributed by atoms with Crippen molar-refractivity contribution >= 4 is 0 Å². The molecule has 0 amide bonds. The largest absolute Gasteiger partial charge is 0.301 e. The zero-order valence-electron chi connectivity index (χ0n) is 19.5. The molecule has 1 fully saturated rings. The van der Waals surface area contributed by atoms with E-state index in [0.29, 0.717) is 5.56 Å². The smallest absolute Gasteiger partial charge is 0.126 e. The van der Waals surface area contributed by atoms with Crippen molar-refractivity contribution in [2.45, 2.75) is 75.2 Å². The molecule has 0 aromatic heterocycles. The lowest BCUT2D eigenvalue weighted by Crippen LogP contribution is -2.46. The van der Waals surface area contributed by atoms with E-state index in [1.165, 1.54) is 64.2 Å². The van der Waals surface area contributed by atoms with Gasteiger partial charge in [0.05, 0.1) is 0 Å². The molecule has 162 valence electrons. The van der Waals surface area contributed by atoms with Crippen LogP contribution in [0.5, 0.6) is 0 Å². The van der Waals surface area contributed by atoms with E-state index in [1.54, 1.807) is 6.92 Å². The van der Waals surface area contributed by atoms with E-state index < -0.39 is 11.6 Å². The van der Waals surface area contributed by atoms with Crippen LogP contribution in [0.25, 0.3) is 0 Å². The van der Waals surface area contributed by atoms with Gasteiger partial charge in [-0.3, -0.25) is 0 Å². The summed E-state index contributed by atoms with van der Waals surface area (Å²) < 4.78 is 24.4. The molecule has 0 unspecified atom stereocenters. The number of hydrogen-bond acceptors (Lipinski definition) is 2. The highest BCUT2D eigenvalue weighted by molar-refractivity contribution is 5.15. The number of piperazine rings is 1. The summed E-state index contributed by atoms with van der Waals surface area (Å²) in [5.41, 5.74) is 0.604. The summed E-state index contributed by atoms with van der Waals surface area (Å²) >= 11 is 0. The van der Waals surface area contributed by atoms with Gasteiger partial charge >= 0.3 is 0 Å². The third-order valence-corrected chi connectivity index (χ3v) is 3.75. The molecular weight excluding hydrogens is 342 g/mol. The lowest BCUT2D eigenvalue weighted by atomic mass is 10.2. The summed E-state index contributed by atoms with van der Waals surface area (Å²) in [5.74, 6) is -1.04. The van der Waals surface area contributed by atoms with Crippen LogP contribution in [-0.2, 0) is 0 Å². The maximum Gasteiger partial charge on any atom is 0.126 e. The lowest BCUT2D eigenvalue weighted by molar-refractivity contribution is 0.136. The van der Waals surface area contributed by atoms with E-state index in [9.17, 15) is 8.78 Å². The molecule has 1 aliphatic heterocycles. The van der Waals surface area contributed by atoms with Crippen LogP contribution in [0, 0.1) is 18.6 Å². The molecule has 0 radical (unpaired) electrons. The Balaban J connectivity index is -0.000000341. The van der Waals surface area contributed by atoms with Crippen LogP contribution in [0.1, 0.15) is 73.8 Å². The van der Waals surface area contributed by atoms with Crippen LogP contribution in [0.4, 0.5) is 8.78 Å². The number of nitrogens with zero attached hydrogens (tertiary/aromatic N) is 2. The Morgan fingerprint density at radius 3 is 1.48 bits per heavy atom. The highest BCUT2D eigenvalue weighted by Gasteiger charge is 2.13. The minimum absolute atomic E-state index is 0.521. The van der Waals surface area contributed by atoms with Gasteiger partial charge in [0.15, 0.2) is 0 Å². The summed E-state index contributed by atoms with van der Waals surface area (Å²) in [6.45, 7) is 25.8. The Hall–Kier alpha value is -1.00. The van der Waals surface area contributed by atoms with Gasteiger partial charge in [-0.15, -0.1) is 0 Å². The third-order valence-electron chi connectivity index (χ3n) is 3.75. The maximum absolute atomic E-state index is 12.2. The summed E-state index contributed by atoms with van der Waals surface area (Å²) in [6, 6.07) is 3.42. The van der Waals surface area contributed by atoms with Crippen molar-refractivity contribution in [2.75, 3.05) is 39.3 Å². The van der Waals surface area contributed by atoms with E-state index in [-0.39, 0.29) is 0 Å². The lowest BCUT2D eigenvalue weighted by Gasteiger charge is -2.33. The van der Waals surface area contributed by atoms with Gasteiger partial charge in [-0.1, -0.05) is 61.8 Å². The summed E-state index contributed by atoms with van der Waals surface area (Å²) in [4.78, 5) is 5.12. The van der Waals surface area contributed by atoms with Crippen molar-refractivity contribution in [1.29, 1.82) is 0 Å². The van der Waals surface area contributed by atoms with Gasteiger partial charge in [-0.25, -0.2) is 8.78 Å². The molecular formula is C23H46F2N2. The Morgan fingerprint density at radius 2 is 1.15 bits per heavy atom. The minimum atomic E-state index is -0.521. The Morgan fingerprint density at radius 1 is 0.741 bits per heavy atom. The first-order chi connectivity index (χ1) is 13.0. The molecule has 2 rings (SSSR count). The van der Waals surface area contributed by atoms with Crippen LogP contribution in [-0.4, -0.2) is 49.1 Å². The third kappa shape index (κ3) is 18.1. The molecule has 1 saturated heterocycles. The second-order valence-corrected chi connectivity index (χ2v) is 5.58. The van der Waals surface area contributed by atoms with Gasteiger partial charge in [-0.05, 0) is 44.1 Å². The fraction of sp³-hybridized carbons (Fsp3) is 0.739. The number of halogens is 2. The second kappa shape index (κ2) is 23.0. The van der Waals surface area contributed by atoms with Gasteiger partial charge in [-0.2, -0.15) is 0 Å². The van der Waals surface area contributed by atoms with Crippen molar-refractivity contribution in [2.24, 2.45) is 0 Å². The van der Waals surface area contributed by atoms with Crippen molar-refractivity contribution in [1.82, 2.24) is 9.80 Å². The molecule has 0 spiro atoms. The molecule has 1 aromatic carbocycles. The van der Waals surface area contributed by atoms with Gasteiger partial charge in [0.2, 0.25) is 0 Å². The molecule has 1 heterocycles. The molecule has 27 heavy (non-hydrogen) atoms. The van der Waals surface area contributed by atoms with Gasteiger partial charge < -0.3 is 9.80 Å². The number of benzene rings is 1. The standard InChI is InChI=1S/C10H22N2.C7H6F2.3C2H6/c1-3-5-6-12-9-7-11(4-2)8-10-12;1-5-2-6(8)4-7(9)3-5;3*1-2/h3-10H2,1-2H3;2-4H,1H3;3*1-2H3. The zero-order chi connectivity index (χ0) is 21.7. The number of likely N-dealkylation sites (N-methyl/N-ethyl adjacent to an activating group) is 1. The minimum Gasteiger partial charge on any atom is -0.301 e. The Labute approximate surface area is 169 Å². The fourth-order valence-corrected chi connectivity index (χ4v) is 2.40. The monoisotopic (exact) mass is 388 g/mol. The normalized spacial score (nSPS) is 13.4. The predicted molar refractivity (Wildman–Crippen MR) is 119 cm³/mol. The fourth-order valence-electron chi connectivity index (χ4n) is 2.40. The molecule has 4 heteroatoms. The molecule has 0 aliphatic carbocycles. The van der Waals surface area contributed by atoms with Crippen molar-refractivity contribution in [3.8, 4) is 0 Å². The van der Waals surface area contributed by atoms with Gasteiger partial charge in [0.1, 0.15) is 11.6 Å². The first kappa shape index (κ1) is 30.7. The molecule has 0 atom stereocenters. The van der Waals surface area contributed by atoms with Crippen molar-refractivity contribution < 1.29 is 8.78 Å². The average Bonchev–Trinajstić information content (AvgIpc) is 2.71. The quantitative estimate of drug-likeness (QED) is 0.561. The topological polar surface area (TPSA) is 6.48 Å². The molecule has 0 saturated carbocycles. The number of hydrogen-bond donors (Lipinski definition) is 0. The molecule has 1 aliphatic rings. The first-order valence-electron chi connectivity index (χ1n) is 10.9. The average molecular weight is 389 g/mol. The van der Waals surface area contributed by atoms with E-state index in [2.05, 4.69) is 23.6 Å². The van der Waals surface area contributed by atoms with Crippen LogP contribution >= 0.6 is 0 Å². The van der Waals surface area contributed by atoms with Crippen LogP contribution in [0.15, 0.2) is 18.2 Å². The summed E-state index contributed by atoms with van der Waals surface area (Å²) in [5, 5.41) is 0. The number of aryl methyl sites for hydroxylation is 1. The van der Waals surface area contributed by atoms with E-state index in [1.807, 2.05) is 41.5 Å². The summed E-state index contributed by atoms with van der Waals surface area (Å²) in [6.07, 6.45) is 2.69. The van der Waals surface area contributed by atoms with Crippen molar-refractivity contribution in [3.63, 3.8) is 0 Å². The molecule has 0 N–H and O–H groups in total. The maximum atomic E-state index is 12.2. The number of rotatable bonds is 4. The van der Waals surface area contributed by atoms with Crippen LogP contribution in [0.3, 0.4) is 0 Å². The Kier molecular flexibility index (Phi) is 26.2. The Bertz CT molecular complexity index is 353. The van der Waals surface area contributed by atoms with Crippen LogP contribution in [0.2, 0.25) is 0 Å². The molecule has 1 aromatic rings. The van der Waals surface area contributed by atoms with Gasteiger partial charge in [0.25, 0.3) is 0 Å². The SMILES string of the molecule is CC.CC.CC.CCCCN1CCN(CC)CC1.Cc1cc(F)cc(F)c1. The van der Waals surface area contributed by atoms with Crippen LogP contribution < -0.4 is 0 Å². The van der Waals surface area contributed by atoms with E-state index >= 15 is 0 Å². The highest BCUT2D eigenvalue weighted by Crippen LogP contribution is 2.05. The number of unbranched alkanes of at least 4 members (excludes halogenated alkanes) is 1.